The zero-order valence-electron chi connectivity index (χ0n) is 11.4. The Bertz CT molecular complexity index is 415. The fourth-order valence-electron chi connectivity index (χ4n) is 2.71. The van der Waals surface area contributed by atoms with Gasteiger partial charge >= 0.3 is 0 Å². The summed E-state index contributed by atoms with van der Waals surface area (Å²) in [6, 6.07) is 5.26. The van der Waals surface area contributed by atoms with E-state index >= 15 is 0 Å². The Morgan fingerprint density at radius 1 is 1.28 bits per heavy atom. The largest absolute Gasteiger partial charge is 0.371 e. The van der Waals surface area contributed by atoms with Crippen molar-refractivity contribution < 1.29 is 4.39 Å². The molecule has 1 saturated heterocycles. The van der Waals surface area contributed by atoms with E-state index in [1.54, 1.807) is 6.07 Å². The van der Waals surface area contributed by atoms with Crippen LogP contribution in [0.4, 0.5) is 10.1 Å². The quantitative estimate of drug-likeness (QED) is 0.872. The van der Waals surface area contributed by atoms with Crippen LogP contribution in [0.2, 0.25) is 0 Å². The highest BCUT2D eigenvalue weighted by Gasteiger charge is 2.24. The molecule has 1 aromatic carbocycles. The van der Waals surface area contributed by atoms with Gasteiger partial charge in [0.05, 0.1) is 0 Å². The van der Waals surface area contributed by atoms with E-state index in [-0.39, 0.29) is 12.4 Å². The summed E-state index contributed by atoms with van der Waals surface area (Å²) in [6.07, 6.45) is 3.54. The fraction of sp³-hybridized carbons (Fsp3) is 0.600. The molecule has 18 heavy (non-hydrogen) atoms. The molecule has 0 bridgehead atoms. The molecule has 1 aliphatic heterocycles. The maximum Gasteiger partial charge on any atom is 0.129 e. The van der Waals surface area contributed by atoms with E-state index in [4.69, 9.17) is 5.73 Å². The first-order chi connectivity index (χ1) is 8.53. The molecule has 2 N–H and O–H groups in total. The molecule has 0 radical (unpaired) electrons. The van der Waals surface area contributed by atoms with Crippen LogP contribution in [0.25, 0.3) is 0 Å². The Morgan fingerprint density at radius 3 is 2.78 bits per heavy atom. The van der Waals surface area contributed by atoms with E-state index in [1.165, 1.54) is 12.5 Å². The predicted octanol–water partition coefficient (Wildman–Crippen LogP) is 3.30. The molecule has 2 rings (SSSR count). The van der Waals surface area contributed by atoms with Crippen LogP contribution < -0.4 is 10.6 Å². The minimum Gasteiger partial charge on any atom is -0.371 e. The zero-order valence-corrected chi connectivity index (χ0v) is 11.4. The normalized spacial score (nSPS) is 19.7. The maximum atomic E-state index is 13.8. The molecule has 1 fully saturated rings. The van der Waals surface area contributed by atoms with Crippen LogP contribution in [-0.4, -0.2) is 13.1 Å². The van der Waals surface area contributed by atoms with Gasteiger partial charge in [0.2, 0.25) is 0 Å². The smallest absolute Gasteiger partial charge is 0.129 e. The molecule has 0 aliphatic carbocycles. The van der Waals surface area contributed by atoms with Crippen molar-refractivity contribution in [3.8, 4) is 0 Å². The minimum atomic E-state index is -0.182. The summed E-state index contributed by atoms with van der Waals surface area (Å²) in [5.74, 6) is -0.182. The fourth-order valence-corrected chi connectivity index (χ4v) is 2.71. The summed E-state index contributed by atoms with van der Waals surface area (Å²) in [4.78, 5) is 2.29. The maximum absolute atomic E-state index is 13.8. The molecular formula is C15H23FN2. The molecule has 0 atom stereocenters. The van der Waals surface area contributed by atoms with Crippen molar-refractivity contribution in [2.45, 2.75) is 39.7 Å². The van der Waals surface area contributed by atoms with Crippen LogP contribution >= 0.6 is 0 Å². The number of halogens is 1. The summed E-state index contributed by atoms with van der Waals surface area (Å²) in [5.41, 5.74) is 7.71. The van der Waals surface area contributed by atoms with Crippen LogP contribution in [0.15, 0.2) is 18.2 Å². The first-order valence-corrected chi connectivity index (χ1v) is 6.76. The number of anilines is 1. The molecular weight excluding hydrogens is 227 g/mol. The average molecular weight is 250 g/mol. The van der Waals surface area contributed by atoms with Crippen molar-refractivity contribution in [2.75, 3.05) is 18.0 Å². The SMILES string of the molecule is CC1(C)CCCN(c2cccc(F)c2CN)CC1. The van der Waals surface area contributed by atoms with E-state index in [2.05, 4.69) is 18.7 Å². The first-order valence-electron chi connectivity index (χ1n) is 6.76. The highest BCUT2D eigenvalue weighted by atomic mass is 19.1. The highest BCUT2D eigenvalue weighted by Crippen LogP contribution is 2.33. The summed E-state index contributed by atoms with van der Waals surface area (Å²) in [5, 5.41) is 0. The monoisotopic (exact) mass is 250 g/mol. The summed E-state index contributed by atoms with van der Waals surface area (Å²) >= 11 is 0. The van der Waals surface area contributed by atoms with Crippen LogP contribution in [0.5, 0.6) is 0 Å². The molecule has 1 heterocycles. The van der Waals surface area contributed by atoms with Gasteiger partial charge in [-0.1, -0.05) is 19.9 Å². The molecule has 0 spiro atoms. The first kappa shape index (κ1) is 13.3. The van der Waals surface area contributed by atoms with Gasteiger partial charge in [0.15, 0.2) is 0 Å². The number of benzene rings is 1. The van der Waals surface area contributed by atoms with E-state index < -0.39 is 0 Å². The number of hydrogen-bond donors (Lipinski definition) is 1. The molecule has 0 aromatic heterocycles. The van der Waals surface area contributed by atoms with E-state index in [0.717, 1.165) is 31.6 Å². The van der Waals surface area contributed by atoms with E-state index in [9.17, 15) is 4.39 Å². The Balaban J connectivity index is 2.24. The Hall–Kier alpha value is -1.09. The number of nitrogens with zero attached hydrogens (tertiary/aromatic N) is 1. The Kier molecular flexibility index (Phi) is 3.91. The molecule has 100 valence electrons. The van der Waals surface area contributed by atoms with Crippen molar-refractivity contribution in [2.24, 2.45) is 11.1 Å². The van der Waals surface area contributed by atoms with Gasteiger partial charge in [0, 0.05) is 30.9 Å². The van der Waals surface area contributed by atoms with Crippen LogP contribution in [0.1, 0.15) is 38.7 Å². The third kappa shape index (κ3) is 2.83. The third-order valence-corrected chi connectivity index (χ3v) is 3.98. The Labute approximate surface area is 109 Å². The van der Waals surface area contributed by atoms with Crippen molar-refractivity contribution >= 4 is 5.69 Å². The second kappa shape index (κ2) is 5.27. The zero-order chi connectivity index (χ0) is 13.2. The lowest BCUT2D eigenvalue weighted by Gasteiger charge is -2.26. The lowest BCUT2D eigenvalue weighted by Crippen LogP contribution is -2.27. The second-order valence-electron chi connectivity index (χ2n) is 5.95. The number of rotatable bonds is 2. The molecule has 0 amide bonds. The van der Waals surface area contributed by atoms with Crippen molar-refractivity contribution in [3.05, 3.63) is 29.6 Å². The Morgan fingerprint density at radius 2 is 2.06 bits per heavy atom. The molecule has 3 heteroatoms. The summed E-state index contributed by atoms with van der Waals surface area (Å²) in [7, 11) is 0. The summed E-state index contributed by atoms with van der Waals surface area (Å²) in [6.45, 7) is 6.88. The van der Waals surface area contributed by atoms with E-state index in [1.807, 2.05) is 6.07 Å². The van der Waals surface area contributed by atoms with Gasteiger partial charge in [-0.25, -0.2) is 4.39 Å². The minimum absolute atomic E-state index is 0.182. The molecule has 1 aromatic rings. The van der Waals surface area contributed by atoms with Gasteiger partial charge < -0.3 is 10.6 Å². The van der Waals surface area contributed by atoms with E-state index in [0.29, 0.717) is 11.0 Å². The van der Waals surface area contributed by atoms with Crippen LogP contribution in [0.3, 0.4) is 0 Å². The lowest BCUT2D eigenvalue weighted by molar-refractivity contribution is 0.325. The third-order valence-electron chi connectivity index (χ3n) is 3.98. The van der Waals surface area contributed by atoms with Crippen LogP contribution in [-0.2, 0) is 6.54 Å². The molecule has 0 saturated carbocycles. The average Bonchev–Trinajstić information content (AvgIpc) is 2.50. The van der Waals surface area contributed by atoms with Gasteiger partial charge in [-0.15, -0.1) is 0 Å². The van der Waals surface area contributed by atoms with Gasteiger partial charge in [-0.3, -0.25) is 0 Å². The van der Waals surface area contributed by atoms with Gasteiger partial charge in [-0.05, 0) is 36.8 Å². The standard InChI is InChI=1S/C15H23FN2/c1-15(2)7-4-9-18(10-8-15)14-6-3-5-13(16)12(14)11-17/h3,5-6H,4,7-11,17H2,1-2H3. The number of nitrogens with two attached hydrogens (primary N) is 1. The molecule has 0 unspecified atom stereocenters. The van der Waals surface area contributed by atoms with Gasteiger partial charge in [0.1, 0.15) is 5.82 Å². The highest BCUT2D eigenvalue weighted by molar-refractivity contribution is 5.54. The predicted molar refractivity (Wildman–Crippen MR) is 74.1 cm³/mol. The van der Waals surface area contributed by atoms with Gasteiger partial charge in [-0.2, -0.15) is 0 Å². The second-order valence-corrected chi connectivity index (χ2v) is 5.95. The molecule has 2 nitrogen and oxygen atoms in total. The van der Waals surface area contributed by atoms with Crippen molar-refractivity contribution in [1.82, 2.24) is 0 Å². The topological polar surface area (TPSA) is 29.3 Å². The number of hydrogen-bond acceptors (Lipinski definition) is 2. The van der Waals surface area contributed by atoms with Crippen molar-refractivity contribution in [3.63, 3.8) is 0 Å². The lowest BCUT2D eigenvalue weighted by atomic mass is 9.85. The summed E-state index contributed by atoms with van der Waals surface area (Å²) < 4.78 is 13.8. The van der Waals surface area contributed by atoms with Crippen LogP contribution in [0, 0.1) is 11.2 Å². The van der Waals surface area contributed by atoms with Crippen molar-refractivity contribution in [1.29, 1.82) is 0 Å². The van der Waals surface area contributed by atoms with Gasteiger partial charge in [0.25, 0.3) is 0 Å². The molecule has 1 aliphatic rings.